The van der Waals surface area contributed by atoms with Gasteiger partial charge in [0.25, 0.3) is 6.71 Å². The molecule has 398 valence electrons. The van der Waals surface area contributed by atoms with Gasteiger partial charge in [0.1, 0.15) is 0 Å². The molecule has 0 aromatic heterocycles. The summed E-state index contributed by atoms with van der Waals surface area (Å²) in [4.78, 5) is 8.12. The molecule has 1 fully saturated rings. The van der Waals surface area contributed by atoms with Crippen molar-refractivity contribution < 1.29 is 0 Å². The SMILES string of the molecule is CC(C)(C)c1ccc(N2c3cc(N4c5ccc(C(C)(C)C)cc5C5(c6ccc(C(C)(C)C)cc6)CCCCC45C)ccc3B3c4ccc(C(C)(C)C)cc4N(c4cccc(C(C)(C)C)c4)c4cc(C(C)(C)C)cc2c43)cc1. The Morgan fingerprint density at radius 3 is 1.38 bits per heavy atom. The van der Waals surface area contributed by atoms with Crippen LogP contribution in [0, 0.1) is 0 Å². The molecule has 1 aliphatic carbocycles. The van der Waals surface area contributed by atoms with E-state index < -0.39 is 0 Å². The van der Waals surface area contributed by atoms with E-state index in [2.05, 4.69) is 286 Å². The van der Waals surface area contributed by atoms with Gasteiger partial charge in [-0.2, -0.15) is 0 Å². The fourth-order valence-corrected chi connectivity index (χ4v) is 14.0. The van der Waals surface area contributed by atoms with E-state index in [0.29, 0.717) is 0 Å². The van der Waals surface area contributed by atoms with Crippen LogP contribution >= 0.6 is 0 Å². The van der Waals surface area contributed by atoms with E-state index in [1.54, 1.807) is 0 Å². The molecule has 2 atom stereocenters. The fraction of sp³-hybridized carbons (Fsp3) is 0.425. The largest absolute Gasteiger partial charge is 0.334 e. The first kappa shape index (κ1) is 53.0. The van der Waals surface area contributed by atoms with Gasteiger partial charge in [0.05, 0.1) is 5.54 Å². The standard InChI is InChI=1S/C73H88BN3/c1-66(2,3)47-25-27-49(28-26-47)73-40-21-20-39-72(73,19)77(60-38-32-51(42-57(60)73)69(10,11)12)56-35-37-59-62(46-56)75(54-33-29-48(30-34-54)67(4,5)6)63-44-53(71(16,17)18)45-64-65(63)74(59)58-36-31-52(70(13,14)15)43-61(58)76(64)55-24-22-23-50(41-55)68(7,8)9/h22-38,41-46H,20-21,39-40H2,1-19H3. The molecular formula is C73H88BN3. The number of hydrogen-bond acceptors (Lipinski definition) is 3. The molecule has 0 saturated heterocycles. The number of nitrogens with zero attached hydrogens (tertiary/aromatic N) is 3. The zero-order chi connectivity index (χ0) is 55.4. The first-order valence-electron chi connectivity index (χ1n) is 29.2. The third-order valence-electron chi connectivity index (χ3n) is 18.7. The minimum atomic E-state index is -0.233. The van der Waals surface area contributed by atoms with Crippen molar-refractivity contribution in [2.24, 2.45) is 0 Å². The van der Waals surface area contributed by atoms with Gasteiger partial charge in [-0.3, -0.25) is 0 Å². The van der Waals surface area contributed by atoms with Crippen molar-refractivity contribution in [3.05, 3.63) is 184 Å². The molecule has 0 amide bonds. The van der Waals surface area contributed by atoms with Gasteiger partial charge in [0, 0.05) is 50.9 Å². The van der Waals surface area contributed by atoms with Crippen molar-refractivity contribution in [1.82, 2.24) is 0 Å². The smallest absolute Gasteiger partial charge is 0.252 e. The molecule has 11 rings (SSSR count). The van der Waals surface area contributed by atoms with Gasteiger partial charge in [0.15, 0.2) is 0 Å². The van der Waals surface area contributed by atoms with Crippen LogP contribution in [0.25, 0.3) is 0 Å². The molecule has 3 heterocycles. The zero-order valence-electron chi connectivity index (χ0n) is 50.5. The van der Waals surface area contributed by atoms with Crippen LogP contribution in [0.1, 0.15) is 202 Å². The molecule has 0 N–H and O–H groups in total. The summed E-state index contributed by atoms with van der Waals surface area (Å²) in [5, 5.41) is 0. The normalized spacial score (nSPS) is 19.4. The molecule has 3 nitrogen and oxygen atoms in total. The topological polar surface area (TPSA) is 9.72 Å². The Hall–Kier alpha value is -6.00. The summed E-state index contributed by atoms with van der Waals surface area (Å²) in [6.45, 7) is 45.0. The number of fused-ring (bicyclic) bond motifs is 7. The highest BCUT2D eigenvalue weighted by molar-refractivity contribution is 7.00. The summed E-state index contributed by atoms with van der Waals surface area (Å²) >= 11 is 0. The molecule has 0 bridgehead atoms. The lowest BCUT2D eigenvalue weighted by Gasteiger charge is -2.52. The summed E-state index contributed by atoms with van der Waals surface area (Å²) in [5.41, 5.74) is 24.7. The highest BCUT2D eigenvalue weighted by atomic mass is 15.3. The lowest BCUT2D eigenvalue weighted by Crippen LogP contribution is -2.61. The Bertz CT molecular complexity index is 3440. The summed E-state index contributed by atoms with van der Waals surface area (Å²) in [6, 6.07) is 56.6. The van der Waals surface area contributed by atoms with Crippen LogP contribution in [0.2, 0.25) is 0 Å². The van der Waals surface area contributed by atoms with E-state index >= 15 is 0 Å². The van der Waals surface area contributed by atoms with E-state index in [-0.39, 0.29) is 50.2 Å². The van der Waals surface area contributed by atoms with Gasteiger partial charge in [-0.15, -0.1) is 0 Å². The van der Waals surface area contributed by atoms with Gasteiger partial charge in [0.2, 0.25) is 0 Å². The summed E-state index contributed by atoms with van der Waals surface area (Å²) in [5.74, 6) is 0. The van der Waals surface area contributed by atoms with Crippen molar-refractivity contribution in [3.63, 3.8) is 0 Å². The molecule has 7 aromatic rings. The first-order valence-corrected chi connectivity index (χ1v) is 29.2. The number of rotatable bonds is 4. The van der Waals surface area contributed by atoms with Crippen molar-refractivity contribution in [2.45, 2.75) is 201 Å². The van der Waals surface area contributed by atoms with E-state index in [0.717, 1.165) is 12.8 Å². The molecule has 4 aliphatic rings. The van der Waals surface area contributed by atoms with E-state index in [1.807, 2.05) is 0 Å². The van der Waals surface area contributed by atoms with Crippen LogP contribution in [0.4, 0.5) is 45.5 Å². The van der Waals surface area contributed by atoms with Gasteiger partial charge >= 0.3 is 0 Å². The molecule has 0 radical (unpaired) electrons. The molecule has 3 aliphatic heterocycles. The first-order chi connectivity index (χ1) is 35.8. The third kappa shape index (κ3) is 8.51. The summed E-state index contributed by atoms with van der Waals surface area (Å²) < 4.78 is 0. The predicted molar refractivity (Wildman–Crippen MR) is 335 cm³/mol. The minimum Gasteiger partial charge on any atom is -0.334 e. The van der Waals surface area contributed by atoms with Crippen LogP contribution in [0.15, 0.2) is 140 Å². The molecule has 7 aromatic carbocycles. The predicted octanol–water partition coefficient (Wildman–Crippen LogP) is 18.3. The van der Waals surface area contributed by atoms with Gasteiger partial charge in [-0.25, -0.2) is 0 Å². The molecular weight excluding hydrogens is 930 g/mol. The number of benzene rings is 7. The average Bonchev–Trinajstić information content (AvgIpc) is 3.87. The van der Waals surface area contributed by atoms with Crippen LogP contribution in [0.3, 0.4) is 0 Å². The Kier molecular flexibility index (Phi) is 12.1. The Morgan fingerprint density at radius 1 is 0.364 bits per heavy atom. The monoisotopic (exact) mass is 1020 g/mol. The summed E-state index contributed by atoms with van der Waals surface area (Å²) in [6.07, 6.45) is 4.62. The number of hydrogen-bond donors (Lipinski definition) is 0. The quantitative estimate of drug-likeness (QED) is 0.163. The van der Waals surface area contributed by atoms with Crippen LogP contribution in [-0.2, 0) is 37.9 Å². The Morgan fingerprint density at radius 2 is 0.805 bits per heavy atom. The maximum atomic E-state index is 2.83. The Labute approximate surface area is 465 Å². The molecule has 4 heteroatoms. The maximum absolute atomic E-state index is 2.83. The second-order valence-corrected chi connectivity index (χ2v) is 30.2. The molecule has 2 unspecified atom stereocenters. The highest BCUT2D eigenvalue weighted by Crippen LogP contribution is 2.64. The Balaban J connectivity index is 1.22. The average molecular weight is 1020 g/mol. The van der Waals surface area contributed by atoms with Gasteiger partial charge < -0.3 is 14.7 Å². The van der Waals surface area contributed by atoms with Gasteiger partial charge in [-0.05, 0) is 174 Å². The molecule has 1 saturated carbocycles. The number of anilines is 8. The zero-order valence-corrected chi connectivity index (χ0v) is 50.5. The molecule has 77 heavy (non-hydrogen) atoms. The van der Waals surface area contributed by atoms with Crippen molar-refractivity contribution >= 4 is 68.6 Å². The van der Waals surface area contributed by atoms with Crippen molar-refractivity contribution in [1.29, 1.82) is 0 Å². The fourth-order valence-electron chi connectivity index (χ4n) is 14.0. The maximum Gasteiger partial charge on any atom is 0.252 e. The second-order valence-electron chi connectivity index (χ2n) is 30.2. The molecule has 0 spiro atoms. The second kappa shape index (κ2) is 17.5. The lowest BCUT2D eigenvalue weighted by molar-refractivity contribution is 0.215. The van der Waals surface area contributed by atoms with E-state index in [4.69, 9.17) is 0 Å². The van der Waals surface area contributed by atoms with Crippen LogP contribution < -0.4 is 31.1 Å². The highest BCUT2D eigenvalue weighted by Gasteiger charge is 2.61. The third-order valence-corrected chi connectivity index (χ3v) is 18.7. The van der Waals surface area contributed by atoms with Crippen LogP contribution in [0.5, 0.6) is 0 Å². The minimum absolute atomic E-state index is 0.000121. The van der Waals surface area contributed by atoms with E-state index in [9.17, 15) is 0 Å². The van der Waals surface area contributed by atoms with Crippen molar-refractivity contribution in [3.8, 4) is 0 Å². The van der Waals surface area contributed by atoms with E-state index in [1.165, 1.54) is 119 Å². The lowest BCUT2D eigenvalue weighted by atomic mass is 9.33. The van der Waals surface area contributed by atoms with Crippen molar-refractivity contribution in [2.75, 3.05) is 14.7 Å². The van der Waals surface area contributed by atoms with Gasteiger partial charge in [-0.1, -0.05) is 216 Å². The van der Waals surface area contributed by atoms with Crippen LogP contribution in [-0.4, -0.2) is 12.3 Å². The summed E-state index contributed by atoms with van der Waals surface area (Å²) in [7, 11) is 0.